The Labute approximate surface area is 207 Å². The zero-order valence-corrected chi connectivity index (χ0v) is 21.1. The summed E-state index contributed by atoms with van der Waals surface area (Å²) >= 11 is 0. The molecule has 1 amide bonds. The summed E-state index contributed by atoms with van der Waals surface area (Å²) in [7, 11) is 0. The first-order valence-corrected chi connectivity index (χ1v) is 12.2. The van der Waals surface area contributed by atoms with E-state index < -0.39 is 0 Å². The second-order valence-electron chi connectivity index (χ2n) is 8.92. The second-order valence-corrected chi connectivity index (χ2v) is 8.92. The summed E-state index contributed by atoms with van der Waals surface area (Å²) in [5.41, 5.74) is 8.05. The van der Waals surface area contributed by atoms with Crippen molar-refractivity contribution < 1.29 is 4.79 Å². The molecule has 178 valence electrons. The number of hydrogen-bond donors (Lipinski definition) is 1. The van der Waals surface area contributed by atoms with Crippen LogP contribution in [-0.4, -0.2) is 10.5 Å². The molecule has 0 saturated carbocycles. The zero-order valence-electron chi connectivity index (χ0n) is 21.1. The lowest BCUT2D eigenvalue weighted by Crippen LogP contribution is -2.27. The van der Waals surface area contributed by atoms with Crippen LogP contribution in [0.1, 0.15) is 52.2 Å². The van der Waals surface area contributed by atoms with Crippen LogP contribution in [0.4, 0.5) is 5.69 Å². The molecule has 4 rings (SSSR count). The molecule has 0 saturated heterocycles. The van der Waals surface area contributed by atoms with Gasteiger partial charge in [0.15, 0.2) is 5.43 Å². The van der Waals surface area contributed by atoms with Gasteiger partial charge in [-0.2, -0.15) is 0 Å². The first kappa shape index (κ1) is 24.2. The minimum Gasteiger partial charge on any atom is -0.321 e. The van der Waals surface area contributed by atoms with Crippen molar-refractivity contribution in [3.05, 3.63) is 117 Å². The summed E-state index contributed by atoms with van der Waals surface area (Å²) in [5.74, 6) is -0.383. The predicted octanol–water partition coefficient (Wildman–Crippen LogP) is 6.81. The van der Waals surface area contributed by atoms with Gasteiger partial charge in [0.05, 0.1) is 5.69 Å². The van der Waals surface area contributed by atoms with E-state index >= 15 is 0 Å². The Bertz CT molecular complexity index is 1440. The predicted molar refractivity (Wildman–Crippen MR) is 145 cm³/mol. The topological polar surface area (TPSA) is 51.1 Å². The van der Waals surface area contributed by atoms with Crippen LogP contribution < -0.4 is 10.7 Å². The Kier molecular flexibility index (Phi) is 7.02. The number of aryl methyl sites for hydroxylation is 5. The van der Waals surface area contributed by atoms with Crippen LogP contribution >= 0.6 is 0 Å². The molecule has 3 aromatic carbocycles. The second kappa shape index (κ2) is 10.1. The minimum atomic E-state index is -0.383. The van der Waals surface area contributed by atoms with Crippen LogP contribution in [-0.2, 0) is 12.8 Å². The summed E-state index contributed by atoms with van der Waals surface area (Å²) in [4.78, 5) is 27.4. The van der Waals surface area contributed by atoms with E-state index in [0.29, 0.717) is 5.69 Å². The van der Waals surface area contributed by atoms with E-state index in [2.05, 4.69) is 19.2 Å². The van der Waals surface area contributed by atoms with Gasteiger partial charge in [-0.1, -0.05) is 74.5 Å². The lowest BCUT2D eigenvalue weighted by atomic mass is 9.97. The third kappa shape index (κ3) is 4.57. The lowest BCUT2D eigenvalue weighted by Gasteiger charge is -2.23. The van der Waals surface area contributed by atoms with Gasteiger partial charge in [0.1, 0.15) is 5.56 Å². The largest absolute Gasteiger partial charge is 0.321 e. The molecule has 0 fully saturated rings. The maximum atomic E-state index is 13.9. The first-order valence-electron chi connectivity index (χ1n) is 12.2. The van der Waals surface area contributed by atoms with Crippen molar-refractivity contribution in [1.82, 2.24) is 4.57 Å². The molecule has 0 radical (unpaired) electrons. The molecule has 0 unspecified atom stereocenters. The van der Waals surface area contributed by atoms with Gasteiger partial charge in [0, 0.05) is 28.7 Å². The van der Waals surface area contributed by atoms with Crippen molar-refractivity contribution in [3.63, 3.8) is 0 Å². The number of benzene rings is 3. The van der Waals surface area contributed by atoms with Gasteiger partial charge in [-0.3, -0.25) is 9.59 Å². The molecule has 1 heterocycles. The van der Waals surface area contributed by atoms with Crippen molar-refractivity contribution in [1.29, 1.82) is 0 Å². The zero-order chi connectivity index (χ0) is 25.1. The fraction of sp³-hybridized carbons (Fsp3) is 0.226. The van der Waals surface area contributed by atoms with E-state index in [1.807, 2.05) is 92.1 Å². The molecule has 1 aromatic heterocycles. The number of carbonyl (C=O) groups excluding carboxylic acids is 1. The number of amides is 1. The molecule has 0 atom stereocenters. The summed E-state index contributed by atoms with van der Waals surface area (Å²) in [6.07, 6.45) is 1.57. The molecule has 1 N–H and O–H groups in total. The maximum Gasteiger partial charge on any atom is 0.261 e. The van der Waals surface area contributed by atoms with E-state index in [1.165, 1.54) is 0 Å². The van der Waals surface area contributed by atoms with Gasteiger partial charge in [-0.15, -0.1) is 0 Å². The molecule has 0 bridgehead atoms. The van der Waals surface area contributed by atoms with Gasteiger partial charge in [-0.25, -0.2) is 0 Å². The molecule has 4 aromatic rings. The number of aromatic nitrogens is 1. The average Bonchev–Trinajstić information content (AvgIpc) is 2.84. The molecule has 4 heteroatoms. The Morgan fingerprint density at radius 1 is 0.800 bits per heavy atom. The number of carbonyl (C=O) groups is 1. The van der Waals surface area contributed by atoms with Crippen LogP contribution in [0.5, 0.6) is 0 Å². The van der Waals surface area contributed by atoms with Gasteiger partial charge in [0.25, 0.3) is 5.91 Å². The standard InChI is InChI=1S/C31H32N2O2/c1-6-23-15-12-16-24(7-2)29(23)32-31(35)28-27(34)19-22(5)33(26-18-11-9-14-21(26)4)30(28)25-17-10-8-13-20(25)3/h8-19H,6-7H2,1-5H3,(H,32,35). The van der Waals surface area contributed by atoms with Crippen molar-refractivity contribution in [2.24, 2.45) is 0 Å². The smallest absolute Gasteiger partial charge is 0.261 e. The summed E-state index contributed by atoms with van der Waals surface area (Å²) in [5, 5.41) is 3.13. The molecule has 0 aliphatic carbocycles. The number of anilines is 1. The molecule has 0 aliphatic heterocycles. The van der Waals surface area contributed by atoms with Gasteiger partial charge < -0.3 is 9.88 Å². The quantitative estimate of drug-likeness (QED) is 0.341. The van der Waals surface area contributed by atoms with E-state index in [1.54, 1.807) is 6.07 Å². The number of hydrogen-bond acceptors (Lipinski definition) is 2. The Morgan fingerprint density at radius 3 is 2.00 bits per heavy atom. The number of nitrogens with zero attached hydrogens (tertiary/aromatic N) is 1. The highest BCUT2D eigenvalue weighted by Gasteiger charge is 2.25. The highest BCUT2D eigenvalue weighted by Crippen LogP contribution is 2.32. The van der Waals surface area contributed by atoms with Gasteiger partial charge in [0.2, 0.25) is 0 Å². The molecular formula is C31H32N2O2. The van der Waals surface area contributed by atoms with E-state index in [4.69, 9.17) is 0 Å². The monoisotopic (exact) mass is 464 g/mol. The molecule has 0 aliphatic rings. The van der Waals surface area contributed by atoms with Crippen LogP contribution in [0.3, 0.4) is 0 Å². The highest BCUT2D eigenvalue weighted by molar-refractivity contribution is 6.09. The Hall–Kier alpha value is -3.92. The van der Waals surface area contributed by atoms with E-state index in [-0.39, 0.29) is 16.9 Å². The van der Waals surface area contributed by atoms with Crippen LogP contribution in [0, 0.1) is 20.8 Å². The molecular weight excluding hydrogens is 432 g/mol. The van der Waals surface area contributed by atoms with Crippen molar-refractivity contribution >= 4 is 11.6 Å². The maximum absolute atomic E-state index is 13.9. The van der Waals surface area contributed by atoms with Crippen LogP contribution in [0.2, 0.25) is 0 Å². The normalized spacial score (nSPS) is 10.9. The van der Waals surface area contributed by atoms with Crippen LogP contribution in [0.25, 0.3) is 16.9 Å². The fourth-order valence-electron chi connectivity index (χ4n) is 4.75. The fourth-order valence-corrected chi connectivity index (χ4v) is 4.75. The van der Waals surface area contributed by atoms with Crippen molar-refractivity contribution in [3.8, 4) is 16.9 Å². The van der Waals surface area contributed by atoms with Crippen molar-refractivity contribution in [2.75, 3.05) is 5.32 Å². The Morgan fingerprint density at radius 2 is 1.40 bits per heavy atom. The lowest BCUT2D eigenvalue weighted by molar-refractivity contribution is 0.102. The minimum absolute atomic E-state index is 0.154. The van der Waals surface area contributed by atoms with E-state index in [9.17, 15) is 9.59 Å². The van der Waals surface area contributed by atoms with Gasteiger partial charge in [-0.05, 0) is 61.9 Å². The van der Waals surface area contributed by atoms with E-state index in [0.717, 1.165) is 57.7 Å². The molecule has 0 spiro atoms. The first-order chi connectivity index (χ1) is 16.9. The number of nitrogens with one attached hydrogen (secondary N) is 1. The molecule has 4 nitrogen and oxygen atoms in total. The van der Waals surface area contributed by atoms with Crippen molar-refractivity contribution in [2.45, 2.75) is 47.5 Å². The third-order valence-corrected chi connectivity index (χ3v) is 6.62. The highest BCUT2D eigenvalue weighted by atomic mass is 16.2. The summed E-state index contributed by atoms with van der Waals surface area (Å²) < 4.78 is 2.04. The summed E-state index contributed by atoms with van der Waals surface area (Å²) in [6.45, 7) is 10.1. The summed E-state index contributed by atoms with van der Waals surface area (Å²) in [6, 6.07) is 23.6. The van der Waals surface area contributed by atoms with Gasteiger partial charge >= 0.3 is 0 Å². The van der Waals surface area contributed by atoms with Crippen LogP contribution in [0.15, 0.2) is 77.6 Å². The third-order valence-electron chi connectivity index (χ3n) is 6.62. The Balaban J connectivity index is 2.03. The number of para-hydroxylation sites is 2. The number of rotatable bonds is 6. The molecule has 35 heavy (non-hydrogen) atoms. The SMILES string of the molecule is CCc1cccc(CC)c1NC(=O)c1c(-c2ccccc2C)n(-c2ccccc2C)c(C)cc1=O. The number of pyridine rings is 1. The average molecular weight is 465 g/mol.